The Morgan fingerprint density at radius 2 is 1.31 bits per heavy atom. The molecule has 0 fully saturated rings. The van der Waals surface area contributed by atoms with Crippen LogP contribution >= 0.6 is 0 Å². The van der Waals surface area contributed by atoms with Crippen LogP contribution in [0.25, 0.3) is 0 Å². The first-order valence-electron chi connectivity index (χ1n) is 10.00. The van der Waals surface area contributed by atoms with Crippen LogP contribution in [-0.2, 0) is 6.54 Å². The van der Waals surface area contributed by atoms with Gasteiger partial charge in [0.25, 0.3) is 0 Å². The summed E-state index contributed by atoms with van der Waals surface area (Å²) >= 11 is 0. The average Bonchev–Trinajstić information content (AvgIpc) is 2.79. The molecule has 0 aliphatic rings. The van der Waals surface area contributed by atoms with Gasteiger partial charge < -0.3 is 10.6 Å². The molecule has 0 amide bonds. The Labute approximate surface area is 173 Å². The number of rotatable bonds is 6. The van der Waals surface area contributed by atoms with Crippen molar-refractivity contribution in [2.24, 2.45) is 5.73 Å². The predicted molar refractivity (Wildman–Crippen MR) is 122 cm³/mol. The summed E-state index contributed by atoms with van der Waals surface area (Å²) in [7, 11) is 0. The Morgan fingerprint density at radius 3 is 1.97 bits per heavy atom. The van der Waals surface area contributed by atoms with Gasteiger partial charge in [-0.1, -0.05) is 96.6 Å². The van der Waals surface area contributed by atoms with Gasteiger partial charge >= 0.3 is 0 Å². The van der Waals surface area contributed by atoms with Crippen molar-refractivity contribution in [3.05, 3.63) is 131 Å². The van der Waals surface area contributed by atoms with Gasteiger partial charge in [0, 0.05) is 17.9 Å². The quantitative estimate of drug-likeness (QED) is 0.422. The lowest BCUT2D eigenvalue weighted by atomic mass is 9.95. The van der Waals surface area contributed by atoms with Crippen LogP contribution < -0.4 is 10.6 Å². The maximum Gasteiger partial charge on any atom is 0.0572 e. The number of nitrogens with zero attached hydrogens (tertiary/aromatic N) is 1. The second kappa shape index (κ2) is 8.76. The molecular formula is C27H26N2. The van der Waals surface area contributed by atoms with E-state index in [-0.39, 0.29) is 6.04 Å². The van der Waals surface area contributed by atoms with Crippen molar-refractivity contribution >= 4 is 11.4 Å². The van der Waals surface area contributed by atoms with Crippen LogP contribution in [0.15, 0.2) is 109 Å². The second-order valence-corrected chi connectivity index (χ2v) is 7.36. The summed E-state index contributed by atoms with van der Waals surface area (Å²) in [6, 6.07) is 37.8. The van der Waals surface area contributed by atoms with Crippen LogP contribution in [0.3, 0.4) is 0 Å². The normalized spacial score (nSPS) is 11.8. The van der Waals surface area contributed by atoms with Crippen LogP contribution in [0, 0.1) is 6.92 Å². The van der Waals surface area contributed by atoms with E-state index in [1.807, 2.05) is 18.2 Å². The molecule has 0 aromatic heterocycles. The minimum absolute atomic E-state index is 0.187. The smallest absolute Gasteiger partial charge is 0.0572 e. The Hall–Kier alpha value is -3.36. The lowest BCUT2D eigenvalue weighted by Gasteiger charge is -2.30. The summed E-state index contributed by atoms with van der Waals surface area (Å²) in [5.74, 6) is 0. The van der Waals surface area contributed by atoms with Crippen molar-refractivity contribution < 1.29 is 0 Å². The van der Waals surface area contributed by atoms with Crippen LogP contribution in [0.4, 0.5) is 11.4 Å². The molecule has 1 atom stereocenters. The molecule has 0 aliphatic carbocycles. The lowest BCUT2D eigenvalue weighted by Crippen LogP contribution is -2.21. The minimum atomic E-state index is -0.187. The molecule has 1 unspecified atom stereocenters. The predicted octanol–water partition coefficient (Wildman–Crippen LogP) is 6.38. The fourth-order valence-electron chi connectivity index (χ4n) is 3.70. The molecule has 4 rings (SSSR count). The summed E-state index contributed by atoms with van der Waals surface area (Å²) < 4.78 is 0. The van der Waals surface area contributed by atoms with E-state index in [4.69, 9.17) is 5.73 Å². The Kier molecular flexibility index (Phi) is 5.73. The Morgan fingerprint density at radius 1 is 0.724 bits per heavy atom. The summed E-state index contributed by atoms with van der Waals surface area (Å²) in [5.41, 5.74) is 13.8. The first-order valence-corrected chi connectivity index (χ1v) is 10.00. The number of hydrogen-bond acceptors (Lipinski definition) is 2. The maximum atomic E-state index is 6.77. The van der Waals surface area contributed by atoms with Crippen molar-refractivity contribution in [2.45, 2.75) is 19.5 Å². The van der Waals surface area contributed by atoms with Gasteiger partial charge in [-0.3, -0.25) is 0 Å². The van der Waals surface area contributed by atoms with E-state index in [0.717, 1.165) is 29.0 Å². The Balaban J connectivity index is 1.82. The van der Waals surface area contributed by atoms with Gasteiger partial charge in [-0.15, -0.1) is 0 Å². The van der Waals surface area contributed by atoms with Crippen molar-refractivity contribution in [1.82, 2.24) is 0 Å². The summed E-state index contributed by atoms with van der Waals surface area (Å²) in [4.78, 5) is 2.35. The van der Waals surface area contributed by atoms with Crippen LogP contribution in [0.5, 0.6) is 0 Å². The monoisotopic (exact) mass is 378 g/mol. The van der Waals surface area contributed by atoms with E-state index < -0.39 is 0 Å². The molecule has 0 radical (unpaired) electrons. The van der Waals surface area contributed by atoms with Gasteiger partial charge in [-0.05, 0) is 41.8 Å². The molecular weight excluding hydrogens is 352 g/mol. The molecule has 29 heavy (non-hydrogen) atoms. The van der Waals surface area contributed by atoms with E-state index in [9.17, 15) is 0 Å². The molecule has 2 heteroatoms. The van der Waals surface area contributed by atoms with Gasteiger partial charge in [0.2, 0.25) is 0 Å². The van der Waals surface area contributed by atoms with Crippen molar-refractivity contribution in [3.8, 4) is 0 Å². The zero-order valence-electron chi connectivity index (χ0n) is 16.7. The highest BCUT2D eigenvalue weighted by Crippen LogP contribution is 2.35. The largest absolute Gasteiger partial charge is 0.337 e. The van der Waals surface area contributed by atoms with Crippen LogP contribution in [0.1, 0.15) is 28.3 Å². The molecule has 0 bridgehead atoms. The third-order valence-corrected chi connectivity index (χ3v) is 5.22. The van der Waals surface area contributed by atoms with Crippen molar-refractivity contribution in [3.63, 3.8) is 0 Å². The molecule has 0 heterocycles. The first kappa shape index (κ1) is 19.0. The number of anilines is 2. The number of nitrogens with two attached hydrogens (primary N) is 1. The topological polar surface area (TPSA) is 29.3 Å². The zero-order chi connectivity index (χ0) is 20.1. The molecule has 2 nitrogen and oxygen atoms in total. The maximum absolute atomic E-state index is 6.77. The highest BCUT2D eigenvalue weighted by atomic mass is 15.1. The third kappa shape index (κ3) is 4.39. The first-order chi connectivity index (χ1) is 14.2. The number of hydrogen-bond donors (Lipinski definition) is 1. The SMILES string of the molecule is Cc1ccc(N(Cc2ccccc2)c2ccccc2)c(C(N)c2ccccc2)c1. The number of para-hydroxylation sites is 1. The summed E-state index contributed by atoms with van der Waals surface area (Å²) in [5, 5.41) is 0. The summed E-state index contributed by atoms with van der Waals surface area (Å²) in [6.07, 6.45) is 0. The standard InChI is InChI=1S/C27H26N2/c1-21-17-18-26(25(19-21)27(28)23-13-7-3-8-14-23)29(24-15-9-4-10-16-24)20-22-11-5-2-6-12-22/h2-19,27H,20,28H2,1H3. The molecule has 4 aromatic carbocycles. The van der Waals surface area contributed by atoms with Gasteiger partial charge in [0.1, 0.15) is 0 Å². The molecule has 0 aliphatic heterocycles. The Bertz CT molecular complexity index is 1040. The van der Waals surface area contributed by atoms with Gasteiger partial charge in [-0.25, -0.2) is 0 Å². The number of benzene rings is 4. The lowest BCUT2D eigenvalue weighted by molar-refractivity contribution is 0.852. The average molecular weight is 379 g/mol. The zero-order valence-corrected chi connectivity index (χ0v) is 16.7. The molecule has 144 valence electrons. The molecule has 4 aromatic rings. The van der Waals surface area contributed by atoms with E-state index in [0.29, 0.717) is 0 Å². The number of aryl methyl sites for hydroxylation is 1. The van der Waals surface area contributed by atoms with E-state index in [2.05, 4.69) is 103 Å². The van der Waals surface area contributed by atoms with Gasteiger partial charge in [-0.2, -0.15) is 0 Å². The van der Waals surface area contributed by atoms with E-state index in [1.54, 1.807) is 0 Å². The fourth-order valence-corrected chi connectivity index (χ4v) is 3.70. The van der Waals surface area contributed by atoms with Crippen molar-refractivity contribution in [1.29, 1.82) is 0 Å². The molecule has 0 saturated carbocycles. The van der Waals surface area contributed by atoms with Crippen LogP contribution in [-0.4, -0.2) is 0 Å². The van der Waals surface area contributed by atoms with Gasteiger partial charge in [0.15, 0.2) is 0 Å². The van der Waals surface area contributed by atoms with E-state index in [1.165, 1.54) is 11.1 Å². The highest BCUT2D eigenvalue weighted by Gasteiger charge is 2.19. The van der Waals surface area contributed by atoms with E-state index >= 15 is 0 Å². The second-order valence-electron chi connectivity index (χ2n) is 7.36. The van der Waals surface area contributed by atoms with Crippen molar-refractivity contribution in [2.75, 3.05) is 4.90 Å². The van der Waals surface area contributed by atoms with Gasteiger partial charge in [0.05, 0.1) is 6.04 Å². The summed E-state index contributed by atoms with van der Waals surface area (Å²) in [6.45, 7) is 2.90. The highest BCUT2D eigenvalue weighted by molar-refractivity contribution is 5.68. The third-order valence-electron chi connectivity index (χ3n) is 5.22. The fraction of sp³-hybridized carbons (Fsp3) is 0.111. The molecule has 2 N–H and O–H groups in total. The van der Waals surface area contributed by atoms with Crippen LogP contribution in [0.2, 0.25) is 0 Å². The molecule has 0 spiro atoms. The molecule has 0 saturated heterocycles. The minimum Gasteiger partial charge on any atom is -0.337 e.